The van der Waals surface area contributed by atoms with E-state index in [0.717, 1.165) is 44.0 Å². The maximum atomic E-state index is 13.1. The van der Waals surface area contributed by atoms with Crippen LogP contribution in [0.25, 0.3) is 6.08 Å². The number of benzene rings is 2. The molecule has 182 valence electrons. The Morgan fingerprint density at radius 2 is 1.74 bits per heavy atom. The van der Waals surface area contributed by atoms with Crippen molar-refractivity contribution >= 4 is 17.9 Å². The minimum Gasteiger partial charge on any atom is -0.497 e. The number of rotatable bonds is 9. The lowest BCUT2D eigenvalue weighted by Gasteiger charge is -2.27. The van der Waals surface area contributed by atoms with Gasteiger partial charge < -0.3 is 24.5 Å². The molecule has 2 aromatic carbocycles. The molecular weight excluding hydrogens is 446 g/mol. The Balaban J connectivity index is 1.46. The van der Waals surface area contributed by atoms with Crippen LogP contribution in [-0.2, 0) is 22.6 Å². The Hall–Kier alpha value is -3.88. The summed E-state index contributed by atoms with van der Waals surface area (Å²) in [6.45, 7) is 4.34. The Morgan fingerprint density at radius 1 is 1.00 bits per heavy atom. The molecule has 8 heteroatoms. The highest BCUT2D eigenvalue weighted by Crippen LogP contribution is 2.15. The van der Waals surface area contributed by atoms with Crippen molar-refractivity contribution in [3.8, 4) is 5.75 Å². The highest BCUT2D eigenvalue weighted by atomic mass is 16.5. The summed E-state index contributed by atoms with van der Waals surface area (Å²) in [4.78, 5) is 28.3. The largest absolute Gasteiger partial charge is 0.497 e. The minimum atomic E-state index is -0.413. The summed E-state index contributed by atoms with van der Waals surface area (Å²) >= 11 is 0. The van der Waals surface area contributed by atoms with Gasteiger partial charge >= 0.3 is 0 Å². The van der Waals surface area contributed by atoms with Gasteiger partial charge in [0.15, 0.2) is 0 Å². The van der Waals surface area contributed by atoms with Gasteiger partial charge in [-0.1, -0.05) is 24.3 Å². The number of hydrogen-bond acceptors (Lipinski definition) is 6. The molecule has 35 heavy (non-hydrogen) atoms. The van der Waals surface area contributed by atoms with Crippen molar-refractivity contribution in [1.82, 2.24) is 15.5 Å². The number of amides is 2. The molecular formula is C27H29N3O5. The zero-order chi connectivity index (χ0) is 24.5. The van der Waals surface area contributed by atoms with Gasteiger partial charge in [-0.05, 0) is 47.5 Å². The molecule has 8 nitrogen and oxygen atoms in total. The number of methoxy groups -OCH3 is 1. The summed E-state index contributed by atoms with van der Waals surface area (Å²) in [6.07, 6.45) is 3.02. The standard InChI is InChI=1S/C27H29N3O5/c1-33-23-10-8-20(9-11-23)26(31)29-25(17-24-7-4-14-35-24)27(32)28-18-21-5-2-3-6-22(21)19-30-12-15-34-16-13-30/h2-11,14,17H,12-13,15-16,18-19H2,1H3,(H,28,32)(H,29,31)/b25-17-. The van der Waals surface area contributed by atoms with Crippen LogP contribution < -0.4 is 15.4 Å². The number of carbonyl (C=O) groups is 2. The predicted octanol–water partition coefficient (Wildman–Crippen LogP) is 3.21. The van der Waals surface area contributed by atoms with Gasteiger partial charge in [0, 0.05) is 37.8 Å². The number of ether oxygens (including phenoxy) is 2. The van der Waals surface area contributed by atoms with Gasteiger partial charge in [-0.3, -0.25) is 14.5 Å². The second kappa shape index (κ2) is 12.0. The van der Waals surface area contributed by atoms with Crippen LogP contribution in [0.5, 0.6) is 5.75 Å². The van der Waals surface area contributed by atoms with E-state index < -0.39 is 11.8 Å². The molecule has 4 rings (SSSR count). The smallest absolute Gasteiger partial charge is 0.268 e. The van der Waals surface area contributed by atoms with Crippen LogP contribution in [-0.4, -0.2) is 50.1 Å². The summed E-state index contributed by atoms with van der Waals surface area (Å²) in [7, 11) is 1.56. The summed E-state index contributed by atoms with van der Waals surface area (Å²) in [5, 5.41) is 5.65. The summed E-state index contributed by atoms with van der Waals surface area (Å²) in [6, 6.07) is 18.1. The van der Waals surface area contributed by atoms with Crippen molar-refractivity contribution in [2.45, 2.75) is 13.1 Å². The zero-order valence-corrected chi connectivity index (χ0v) is 19.7. The van der Waals surface area contributed by atoms with E-state index in [9.17, 15) is 9.59 Å². The Bertz CT molecular complexity index is 1150. The minimum absolute atomic E-state index is 0.0893. The zero-order valence-electron chi connectivity index (χ0n) is 19.7. The van der Waals surface area contributed by atoms with Gasteiger partial charge in [-0.25, -0.2) is 0 Å². The second-order valence-corrected chi connectivity index (χ2v) is 8.10. The number of carbonyl (C=O) groups excluding carboxylic acids is 2. The number of morpholine rings is 1. The first-order chi connectivity index (χ1) is 17.1. The second-order valence-electron chi connectivity index (χ2n) is 8.10. The molecule has 0 aliphatic carbocycles. The summed E-state index contributed by atoms with van der Waals surface area (Å²) in [5.74, 6) is 0.275. The predicted molar refractivity (Wildman–Crippen MR) is 132 cm³/mol. The molecule has 2 amide bonds. The first-order valence-electron chi connectivity index (χ1n) is 11.5. The van der Waals surface area contributed by atoms with Crippen molar-refractivity contribution in [3.05, 3.63) is 95.1 Å². The molecule has 1 saturated heterocycles. The van der Waals surface area contributed by atoms with Gasteiger partial charge in [0.2, 0.25) is 0 Å². The van der Waals surface area contributed by atoms with Gasteiger partial charge in [0.25, 0.3) is 11.8 Å². The van der Waals surface area contributed by atoms with Crippen molar-refractivity contribution in [2.75, 3.05) is 33.4 Å². The molecule has 0 bridgehead atoms. The average molecular weight is 476 g/mol. The molecule has 2 heterocycles. The highest BCUT2D eigenvalue weighted by Gasteiger charge is 2.17. The Morgan fingerprint density at radius 3 is 2.43 bits per heavy atom. The third-order valence-corrected chi connectivity index (χ3v) is 5.73. The van der Waals surface area contributed by atoms with E-state index in [2.05, 4.69) is 21.6 Å². The summed E-state index contributed by atoms with van der Waals surface area (Å²) < 4.78 is 15.9. The fourth-order valence-electron chi connectivity index (χ4n) is 3.77. The molecule has 1 aromatic heterocycles. The molecule has 1 fully saturated rings. The van der Waals surface area contributed by atoms with E-state index in [-0.39, 0.29) is 5.70 Å². The van der Waals surface area contributed by atoms with Crippen LogP contribution in [0.15, 0.2) is 77.0 Å². The van der Waals surface area contributed by atoms with E-state index in [1.54, 1.807) is 43.5 Å². The van der Waals surface area contributed by atoms with Crippen LogP contribution in [0, 0.1) is 0 Å². The maximum absolute atomic E-state index is 13.1. The third kappa shape index (κ3) is 6.81. The van der Waals surface area contributed by atoms with E-state index in [1.165, 1.54) is 12.3 Å². The van der Waals surface area contributed by atoms with E-state index in [4.69, 9.17) is 13.9 Å². The Kier molecular flexibility index (Phi) is 8.32. The SMILES string of the molecule is COc1ccc(C(=O)N/C(=C\c2ccco2)C(=O)NCc2ccccc2CN2CCOCC2)cc1. The van der Waals surface area contributed by atoms with Crippen molar-refractivity contribution in [2.24, 2.45) is 0 Å². The molecule has 0 radical (unpaired) electrons. The van der Waals surface area contributed by atoms with E-state index in [0.29, 0.717) is 23.6 Å². The molecule has 1 aliphatic rings. The van der Waals surface area contributed by atoms with E-state index in [1.807, 2.05) is 18.2 Å². The third-order valence-electron chi connectivity index (χ3n) is 5.73. The van der Waals surface area contributed by atoms with Crippen molar-refractivity contribution in [3.63, 3.8) is 0 Å². The molecule has 0 saturated carbocycles. The molecule has 0 spiro atoms. The Labute approximate surface area is 204 Å². The molecule has 0 unspecified atom stereocenters. The normalized spacial score (nSPS) is 14.4. The fourth-order valence-corrected chi connectivity index (χ4v) is 3.77. The topological polar surface area (TPSA) is 93.0 Å². The van der Waals surface area contributed by atoms with Gasteiger partial charge in [-0.2, -0.15) is 0 Å². The lowest BCUT2D eigenvalue weighted by atomic mass is 10.1. The average Bonchev–Trinajstić information content (AvgIpc) is 3.41. The quantitative estimate of drug-likeness (QED) is 0.462. The number of furan rings is 1. The summed E-state index contributed by atoms with van der Waals surface area (Å²) in [5.41, 5.74) is 2.66. The first kappa shape index (κ1) is 24.3. The molecule has 2 N–H and O–H groups in total. The number of hydrogen-bond donors (Lipinski definition) is 2. The van der Waals surface area contributed by atoms with Gasteiger partial charge in [0.1, 0.15) is 17.2 Å². The van der Waals surface area contributed by atoms with Crippen molar-refractivity contribution < 1.29 is 23.5 Å². The maximum Gasteiger partial charge on any atom is 0.268 e. The number of nitrogens with zero attached hydrogens (tertiary/aromatic N) is 1. The van der Waals surface area contributed by atoms with Crippen LogP contribution >= 0.6 is 0 Å². The van der Waals surface area contributed by atoms with Gasteiger partial charge in [0.05, 0.1) is 26.6 Å². The molecule has 1 aliphatic heterocycles. The van der Waals surface area contributed by atoms with Crippen LogP contribution in [0.3, 0.4) is 0 Å². The number of nitrogens with one attached hydrogen (secondary N) is 2. The van der Waals surface area contributed by atoms with Crippen LogP contribution in [0.1, 0.15) is 27.2 Å². The van der Waals surface area contributed by atoms with Crippen LogP contribution in [0.2, 0.25) is 0 Å². The first-order valence-corrected chi connectivity index (χ1v) is 11.5. The fraction of sp³-hybridized carbons (Fsp3) is 0.259. The van der Waals surface area contributed by atoms with Gasteiger partial charge in [-0.15, -0.1) is 0 Å². The van der Waals surface area contributed by atoms with Crippen molar-refractivity contribution in [1.29, 1.82) is 0 Å². The highest BCUT2D eigenvalue weighted by molar-refractivity contribution is 6.05. The lowest BCUT2D eigenvalue weighted by Crippen LogP contribution is -2.36. The molecule has 3 aromatic rings. The molecule has 0 atom stereocenters. The lowest BCUT2D eigenvalue weighted by molar-refractivity contribution is -0.117. The monoisotopic (exact) mass is 475 g/mol. The van der Waals surface area contributed by atoms with E-state index >= 15 is 0 Å². The van der Waals surface area contributed by atoms with Crippen LogP contribution in [0.4, 0.5) is 0 Å².